The van der Waals surface area contributed by atoms with Crippen LogP contribution in [-0.4, -0.2) is 54.6 Å². The Hall–Kier alpha value is -0.770. The zero-order chi connectivity index (χ0) is 12.1. The Balaban J connectivity index is 1.75. The molecule has 4 heteroatoms. The van der Waals surface area contributed by atoms with Crippen LogP contribution in [-0.2, 0) is 0 Å². The molecule has 2 rings (SSSR count). The van der Waals surface area contributed by atoms with Crippen molar-refractivity contribution in [1.29, 1.82) is 0 Å². The van der Waals surface area contributed by atoms with Crippen LogP contribution in [0.25, 0.3) is 0 Å². The van der Waals surface area contributed by atoms with E-state index in [1.807, 2.05) is 11.8 Å². The van der Waals surface area contributed by atoms with E-state index in [1.54, 1.807) is 0 Å². The minimum atomic E-state index is 0.107. The zero-order valence-electron chi connectivity index (χ0n) is 11.0. The summed E-state index contributed by atoms with van der Waals surface area (Å²) in [5, 5.41) is 2.88. The van der Waals surface area contributed by atoms with Crippen LogP contribution < -0.4 is 5.32 Å². The predicted molar refractivity (Wildman–Crippen MR) is 69.1 cm³/mol. The summed E-state index contributed by atoms with van der Waals surface area (Å²) in [5.74, 6) is 0. The first-order valence-corrected chi connectivity index (χ1v) is 7.08. The summed E-state index contributed by atoms with van der Waals surface area (Å²) in [5.41, 5.74) is 0. The van der Waals surface area contributed by atoms with Crippen LogP contribution in [0.1, 0.15) is 39.0 Å². The molecule has 1 saturated heterocycles. The number of carbonyl (C=O) groups excluding carboxylic acids is 1. The highest BCUT2D eigenvalue weighted by Crippen LogP contribution is 2.23. The second-order valence-corrected chi connectivity index (χ2v) is 5.15. The van der Waals surface area contributed by atoms with Crippen molar-refractivity contribution in [3.8, 4) is 0 Å². The van der Waals surface area contributed by atoms with Crippen molar-refractivity contribution in [2.24, 2.45) is 0 Å². The maximum Gasteiger partial charge on any atom is 0.317 e. The Morgan fingerprint density at radius 3 is 2.35 bits per heavy atom. The number of hydrogen-bond donors (Lipinski definition) is 1. The van der Waals surface area contributed by atoms with Crippen molar-refractivity contribution < 1.29 is 4.79 Å². The Morgan fingerprint density at radius 1 is 1.12 bits per heavy atom. The number of rotatable bonds is 2. The Kier molecular flexibility index (Phi) is 4.66. The number of urea groups is 1. The number of nitrogens with one attached hydrogen (secondary N) is 1. The Labute approximate surface area is 104 Å². The van der Waals surface area contributed by atoms with Gasteiger partial charge in [-0.2, -0.15) is 0 Å². The molecular formula is C13H25N3O. The number of piperazine rings is 1. The average Bonchev–Trinajstić information content (AvgIpc) is 2.40. The molecule has 0 atom stereocenters. The molecule has 2 amide bonds. The number of amides is 2. The van der Waals surface area contributed by atoms with Gasteiger partial charge < -0.3 is 10.2 Å². The highest BCUT2D eigenvalue weighted by Gasteiger charge is 2.26. The van der Waals surface area contributed by atoms with Gasteiger partial charge in [-0.25, -0.2) is 4.79 Å². The van der Waals surface area contributed by atoms with Gasteiger partial charge in [0.25, 0.3) is 0 Å². The van der Waals surface area contributed by atoms with E-state index < -0.39 is 0 Å². The van der Waals surface area contributed by atoms with Gasteiger partial charge in [0.05, 0.1) is 0 Å². The van der Waals surface area contributed by atoms with Gasteiger partial charge in [0.1, 0.15) is 0 Å². The maximum atomic E-state index is 11.7. The van der Waals surface area contributed by atoms with Crippen LogP contribution in [0.15, 0.2) is 0 Å². The van der Waals surface area contributed by atoms with Crippen molar-refractivity contribution in [2.45, 2.75) is 45.1 Å². The van der Waals surface area contributed by atoms with E-state index in [1.165, 1.54) is 32.1 Å². The monoisotopic (exact) mass is 239 g/mol. The lowest BCUT2D eigenvalue weighted by Crippen LogP contribution is -2.54. The summed E-state index contributed by atoms with van der Waals surface area (Å²) in [6.45, 7) is 6.59. The molecule has 1 aliphatic carbocycles. The summed E-state index contributed by atoms with van der Waals surface area (Å²) in [6, 6.07) is 0.899. The molecule has 0 bridgehead atoms. The molecule has 0 aromatic heterocycles. The lowest BCUT2D eigenvalue weighted by atomic mass is 9.94. The van der Waals surface area contributed by atoms with E-state index in [2.05, 4.69) is 10.2 Å². The van der Waals surface area contributed by atoms with Crippen LogP contribution >= 0.6 is 0 Å². The highest BCUT2D eigenvalue weighted by molar-refractivity contribution is 5.74. The fraction of sp³-hybridized carbons (Fsp3) is 0.923. The third-order valence-electron chi connectivity index (χ3n) is 4.02. The number of hydrogen-bond acceptors (Lipinski definition) is 2. The lowest BCUT2D eigenvalue weighted by Gasteiger charge is -2.40. The molecule has 0 aromatic carbocycles. The van der Waals surface area contributed by atoms with Gasteiger partial charge in [0.2, 0.25) is 0 Å². The molecule has 0 aromatic rings. The fourth-order valence-electron chi connectivity index (χ4n) is 3.00. The van der Waals surface area contributed by atoms with Gasteiger partial charge in [-0.15, -0.1) is 0 Å². The summed E-state index contributed by atoms with van der Waals surface area (Å²) in [7, 11) is 0. The van der Waals surface area contributed by atoms with E-state index >= 15 is 0 Å². The summed E-state index contributed by atoms with van der Waals surface area (Å²) >= 11 is 0. The normalized spacial score (nSPS) is 23.7. The first-order valence-electron chi connectivity index (χ1n) is 7.08. The van der Waals surface area contributed by atoms with Crippen molar-refractivity contribution in [1.82, 2.24) is 15.1 Å². The van der Waals surface area contributed by atoms with E-state index in [4.69, 9.17) is 0 Å². The predicted octanol–water partition coefficient (Wildman–Crippen LogP) is 1.67. The van der Waals surface area contributed by atoms with Crippen LogP contribution in [0.4, 0.5) is 4.79 Å². The van der Waals surface area contributed by atoms with Crippen molar-refractivity contribution >= 4 is 6.03 Å². The molecule has 1 aliphatic heterocycles. The SMILES string of the molecule is CCNC(=O)N1CCN(C2CCCCC2)CC1. The molecule has 17 heavy (non-hydrogen) atoms. The van der Waals surface area contributed by atoms with Crippen molar-refractivity contribution in [2.75, 3.05) is 32.7 Å². The molecule has 0 spiro atoms. The minimum Gasteiger partial charge on any atom is -0.338 e. The van der Waals surface area contributed by atoms with E-state index in [9.17, 15) is 4.79 Å². The van der Waals surface area contributed by atoms with Gasteiger partial charge in [-0.05, 0) is 19.8 Å². The Morgan fingerprint density at radius 2 is 1.76 bits per heavy atom. The summed E-state index contributed by atoms with van der Waals surface area (Å²) in [6.07, 6.45) is 6.92. The molecule has 2 fully saturated rings. The lowest BCUT2D eigenvalue weighted by molar-refractivity contribution is 0.0908. The Bertz CT molecular complexity index is 243. The average molecular weight is 239 g/mol. The van der Waals surface area contributed by atoms with Crippen LogP contribution in [0.5, 0.6) is 0 Å². The van der Waals surface area contributed by atoms with Gasteiger partial charge in [-0.1, -0.05) is 19.3 Å². The van der Waals surface area contributed by atoms with Crippen molar-refractivity contribution in [3.63, 3.8) is 0 Å². The molecule has 0 unspecified atom stereocenters. The molecule has 0 radical (unpaired) electrons. The number of nitrogens with zero attached hydrogens (tertiary/aromatic N) is 2. The molecule has 1 heterocycles. The summed E-state index contributed by atoms with van der Waals surface area (Å²) < 4.78 is 0. The smallest absolute Gasteiger partial charge is 0.317 e. The quantitative estimate of drug-likeness (QED) is 0.795. The van der Waals surface area contributed by atoms with E-state index in [0.717, 1.165) is 38.8 Å². The third-order valence-corrected chi connectivity index (χ3v) is 4.02. The minimum absolute atomic E-state index is 0.107. The molecule has 2 aliphatic rings. The topological polar surface area (TPSA) is 35.6 Å². The van der Waals surface area contributed by atoms with Crippen molar-refractivity contribution in [3.05, 3.63) is 0 Å². The maximum absolute atomic E-state index is 11.7. The highest BCUT2D eigenvalue weighted by atomic mass is 16.2. The molecule has 1 saturated carbocycles. The van der Waals surface area contributed by atoms with Gasteiger partial charge in [-0.3, -0.25) is 4.90 Å². The van der Waals surface area contributed by atoms with E-state index in [-0.39, 0.29) is 6.03 Å². The molecule has 1 N–H and O–H groups in total. The first-order chi connectivity index (χ1) is 8.31. The molecule has 4 nitrogen and oxygen atoms in total. The van der Waals surface area contributed by atoms with E-state index in [0.29, 0.717) is 0 Å². The molecular weight excluding hydrogens is 214 g/mol. The fourth-order valence-corrected chi connectivity index (χ4v) is 3.00. The largest absolute Gasteiger partial charge is 0.338 e. The van der Waals surface area contributed by atoms with Crippen LogP contribution in [0.2, 0.25) is 0 Å². The van der Waals surface area contributed by atoms with Gasteiger partial charge in [0, 0.05) is 38.8 Å². The first kappa shape index (κ1) is 12.7. The number of carbonyl (C=O) groups is 1. The second kappa shape index (κ2) is 6.24. The standard InChI is InChI=1S/C13H25N3O/c1-2-14-13(17)16-10-8-15(9-11-16)12-6-4-3-5-7-12/h12H,2-11H2,1H3,(H,14,17). The van der Waals surface area contributed by atoms with Crippen LogP contribution in [0, 0.1) is 0 Å². The molecule has 98 valence electrons. The second-order valence-electron chi connectivity index (χ2n) is 5.15. The zero-order valence-corrected chi connectivity index (χ0v) is 11.0. The third kappa shape index (κ3) is 3.35. The van der Waals surface area contributed by atoms with Gasteiger partial charge in [0.15, 0.2) is 0 Å². The van der Waals surface area contributed by atoms with Gasteiger partial charge >= 0.3 is 6.03 Å². The summed E-state index contributed by atoms with van der Waals surface area (Å²) in [4.78, 5) is 16.2. The van der Waals surface area contributed by atoms with Crippen LogP contribution in [0.3, 0.4) is 0 Å².